The molecule has 18 heteroatoms. The van der Waals surface area contributed by atoms with E-state index in [1.807, 2.05) is 0 Å². The zero-order chi connectivity index (χ0) is 27.5. The van der Waals surface area contributed by atoms with Gasteiger partial charge in [-0.25, -0.2) is 4.39 Å². The Balaban J connectivity index is 0. The van der Waals surface area contributed by atoms with Crippen LogP contribution in [0.15, 0.2) is 0 Å². The minimum absolute atomic E-state index is 0.179. The van der Waals surface area contributed by atoms with Gasteiger partial charge in [-0.05, 0) is 13.3 Å². The monoisotopic (exact) mass is 556 g/mol. The fourth-order valence-electron chi connectivity index (χ4n) is 2.10. The third-order valence-corrected chi connectivity index (χ3v) is 6.23. The molecular formula is C16H25F13O4Si. The van der Waals surface area contributed by atoms with Gasteiger partial charge in [-0.15, -0.1) is 0 Å². The molecule has 0 aromatic heterocycles. The fraction of sp³-hybridized carbons (Fsp3) is 1.00. The molecule has 0 spiro atoms. The molecule has 0 unspecified atom stereocenters. The van der Waals surface area contributed by atoms with E-state index in [-0.39, 0.29) is 19.4 Å². The van der Waals surface area contributed by atoms with Crippen LogP contribution in [0.3, 0.4) is 0 Å². The van der Waals surface area contributed by atoms with Gasteiger partial charge in [0.15, 0.2) is 6.67 Å². The van der Waals surface area contributed by atoms with Crippen molar-refractivity contribution in [2.24, 2.45) is 0 Å². The minimum Gasteiger partial charge on any atom is -0.397 e. The summed E-state index contributed by atoms with van der Waals surface area (Å²) in [5, 5.41) is 7.57. The van der Waals surface area contributed by atoms with Crippen LogP contribution in [-0.2, 0) is 13.3 Å². The van der Waals surface area contributed by atoms with Crippen LogP contribution in [0.1, 0.15) is 52.4 Å². The molecule has 0 aromatic carbocycles. The lowest BCUT2D eigenvalue weighted by atomic mass is 10.1. The fourth-order valence-corrected chi connectivity index (χ4v) is 4.73. The molecule has 34 heavy (non-hydrogen) atoms. The summed E-state index contributed by atoms with van der Waals surface area (Å²) in [5.41, 5.74) is 0. The molecule has 0 heterocycles. The quantitative estimate of drug-likeness (QED) is 0.140. The summed E-state index contributed by atoms with van der Waals surface area (Å²) >= 11 is 0. The van der Waals surface area contributed by atoms with Gasteiger partial charge in [0.2, 0.25) is 0 Å². The minimum atomic E-state index is -6.94. The Morgan fingerprint density at radius 2 is 0.971 bits per heavy atom. The average Bonchev–Trinajstić information content (AvgIpc) is 2.62. The van der Waals surface area contributed by atoms with Gasteiger partial charge in [-0.1, -0.05) is 39.0 Å². The smallest absolute Gasteiger partial charge is 0.397 e. The maximum absolute atomic E-state index is 13.3. The van der Waals surface area contributed by atoms with E-state index in [4.69, 9.17) is 5.11 Å². The summed E-state index contributed by atoms with van der Waals surface area (Å²) in [6.45, 7) is 0.741. The van der Waals surface area contributed by atoms with E-state index >= 15 is 0 Å². The van der Waals surface area contributed by atoms with Crippen LogP contribution < -0.4 is 0 Å². The van der Waals surface area contributed by atoms with Crippen molar-refractivity contribution < 1.29 is 75.5 Å². The second-order valence-electron chi connectivity index (χ2n) is 6.62. The molecule has 208 valence electrons. The predicted octanol–water partition coefficient (Wildman–Crippen LogP) is 7.21. The third-order valence-electron chi connectivity index (χ3n) is 3.52. The lowest BCUT2D eigenvalue weighted by Crippen LogP contribution is -2.62. The van der Waals surface area contributed by atoms with Crippen molar-refractivity contribution in [2.45, 2.75) is 89.1 Å². The number of unbranched alkanes of at least 4 members (excludes halogenated alkanes) is 5. The average molecular weight is 556 g/mol. The van der Waals surface area contributed by atoms with Gasteiger partial charge in [-0.2, -0.15) is 52.7 Å². The summed E-state index contributed by atoms with van der Waals surface area (Å²) in [6, 6.07) is -1.73. The van der Waals surface area contributed by atoms with Gasteiger partial charge in [0.25, 0.3) is 0 Å². The van der Waals surface area contributed by atoms with E-state index in [0.29, 0.717) is 19.3 Å². The summed E-state index contributed by atoms with van der Waals surface area (Å²) in [5.74, 6) is 0. The zero-order valence-corrected chi connectivity index (χ0v) is 18.9. The molecule has 0 saturated heterocycles. The normalized spacial score (nSPS) is 14.1. The summed E-state index contributed by atoms with van der Waals surface area (Å²) in [6.07, 6.45) is -30.8. The highest BCUT2D eigenvalue weighted by Gasteiger charge is 2.71. The third kappa shape index (κ3) is 12.7. The summed E-state index contributed by atoms with van der Waals surface area (Å²) < 4.78 is 176. The first kappa shape index (κ1) is 35.3. The Bertz CT molecular complexity index is 528. The van der Waals surface area contributed by atoms with Crippen molar-refractivity contribution in [3.63, 3.8) is 0 Å². The first-order valence-electron chi connectivity index (χ1n) is 9.70. The molecule has 1 N–H and O–H groups in total. The highest BCUT2D eigenvalue weighted by atomic mass is 28.4. The van der Waals surface area contributed by atoms with Gasteiger partial charge in [-0.3, -0.25) is 0 Å². The summed E-state index contributed by atoms with van der Waals surface area (Å²) in [7, 11) is -6.94. The number of hydrogen-bond donors (Lipinski definition) is 1. The van der Waals surface area contributed by atoms with E-state index in [0.717, 1.165) is 0 Å². The predicted molar refractivity (Wildman–Crippen MR) is 92.9 cm³/mol. The number of rotatable bonds is 14. The highest BCUT2D eigenvalue weighted by Crippen LogP contribution is 2.46. The maximum atomic E-state index is 13.3. The lowest BCUT2D eigenvalue weighted by molar-refractivity contribution is -0.405. The molecule has 0 amide bonds. The van der Waals surface area contributed by atoms with Crippen LogP contribution in [0.2, 0.25) is 6.04 Å². The molecule has 0 bridgehead atoms. The van der Waals surface area contributed by atoms with E-state index in [2.05, 4.69) is 13.3 Å². The molecule has 0 radical (unpaired) electrons. The number of aliphatic hydroxyl groups is 1. The van der Waals surface area contributed by atoms with Crippen LogP contribution >= 0.6 is 0 Å². The Hall–Kier alpha value is -0.853. The van der Waals surface area contributed by atoms with Crippen molar-refractivity contribution in [2.75, 3.05) is 13.3 Å². The Labute approximate surface area is 187 Å². The van der Waals surface area contributed by atoms with Crippen molar-refractivity contribution in [1.29, 1.82) is 0 Å². The van der Waals surface area contributed by atoms with Crippen LogP contribution in [0, 0.1) is 0 Å². The highest BCUT2D eigenvalue weighted by molar-refractivity contribution is 6.61. The molecule has 0 aliphatic heterocycles. The second kappa shape index (κ2) is 14.0. The topological polar surface area (TPSA) is 47.9 Å². The largest absolute Gasteiger partial charge is 0.514 e. The Morgan fingerprint density at radius 3 is 1.29 bits per heavy atom. The van der Waals surface area contributed by atoms with E-state index in [1.165, 1.54) is 0 Å². The van der Waals surface area contributed by atoms with Gasteiger partial charge in [0.05, 0.1) is 0 Å². The first-order chi connectivity index (χ1) is 15.2. The molecular weight excluding hydrogens is 531 g/mol. The molecule has 0 fully saturated rings. The van der Waals surface area contributed by atoms with Crippen molar-refractivity contribution in [3.8, 4) is 0 Å². The number of alkyl halides is 13. The van der Waals surface area contributed by atoms with Crippen molar-refractivity contribution >= 4 is 8.80 Å². The molecule has 0 atom stereocenters. The van der Waals surface area contributed by atoms with Crippen LogP contribution in [0.25, 0.3) is 0 Å². The maximum Gasteiger partial charge on any atom is 0.514 e. The standard InChI is InChI=1S/C14H19F13O3Si.C2H6O/c1-2-3-4-5-6-7-8-31(28-10(16,17)9-15,29-13(24,25)11(18,19)20)30-14(26,27)12(21,22)23;1-2-3/h2-9H2,1H3;3H,2H2,1H3. The Kier molecular flexibility index (Phi) is 14.6. The SMILES string of the molecule is CCCCCCCC[Si](OC(F)(F)CF)(OC(F)(F)C(F)(F)F)OC(F)(F)C(F)(F)F.CCO. The van der Waals surface area contributed by atoms with Gasteiger partial charge in [0.1, 0.15) is 0 Å². The number of halogens is 13. The molecule has 4 nitrogen and oxygen atoms in total. The van der Waals surface area contributed by atoms with Gasteiger partial charge >= 0.3 is 39.5 Å². The Morgan fingerprint density at radius 1 is 0.618 bits per heavy atom. The van der Waals surface area contributed by atoms with Crippen molar-refractivity contribution in [1.82, 2.24) is 0 Å². The molecule has 0 aromatic rings. The van der Waals surface area contributed by atoms with Crippen LogP contribution in [0.5, 0.6) is 0 Å². The van der Waals surface area contributed by atoms with Crippen LogP contribution in [0.4, 0.5) is 57.1 Å². The molecule has 0 aliphatic rings. The molecule has 0 rings (SSSR count). The first-order valence-corrected chi connectivity index (χ1v) is 11.6. The number of aliphatic hydroxyl groups excluding tert-OH is 1. The second-order valence-corrected chi connectivity index (χ2v) is 9.10. The van der Waals surface area contributed by atoms with Crippen molar-refractivity contribution in [3.05, 3.63) is 0 Å². The zero-order valence-electron chi connectivity index (χ0n) is 17.9. The summed E-state index contributed by atoms with van der Waals surface area (Å²) in [4.78, 5) is 0. The molecule has 0 saturated carbocycles. The number of hydrogen-bond acceptors (Lipinski definition) is 4. The van der Waals surface area contributed by atoms with E-state index < -0.39 is 58.6 Å². The van der Waals surface area contributed by atoms with Crippen LogP contribution in [-0.4, -0.2) is 57.9 Å². The van der Waals surface area contributed by atoms with Gasteiger partial charge < -0.3 is 18.4 Å². The van der Waals surface area contributed by atoms with E-state index in [1.54, 1.807) is 13.8 Å². The van der Waals surface area contributed by atoms with E-state index in [9.17, 15) is 57.1 Å². The lowest BCUT2D eigenvalue weighted by Gasteiger charge is -2.37. The molecule has 0 aliphatic carbocycles. The van der Waals surface area contributed by atoms with Gasteiger partial charge in [0, 0.05) is 12.7 Å².